The van der Waals surface area contributed by atoms with Crippen LogP contribution in [0.15, 0.2) is 164 Å². The molecule has 232 valence electrons. The lowest BCUT2D eigenvalue weighted by molar-refractivity contribution is 0.660. The summed E-state index contributed by atoms with van der Waals surface area (Å²) in [5, 5.41) is 7.80. The van der Waals surface area contributed by atoms with E-state index in [0.29, 0.717) is 0 Å². The van der Waals surface area contributed by atoms with Crippen molar-refractivity contribution in [2.75, 3.05) is 4.90 Å². The Morgan fingerprint density at radius 3 is 2.00 bits per heavy atom. The number of hydrogen-bond donors (Lipinski definition) is 0. The monoisotopic (exact) mass is 643 g/mol. The summed E-state index contributed by atoms with van der Waals surface area (Å²) in [5.41, 5.74) is 11.3. The Morgan fingerprint density at radius 2 is 1.14 bits per heavy atom. The Bertz CT molecular complexity index is 2730. The van der Waals surface area contributed by atoms with Gasteiger partial charge >= 0.3 is 0 Å². The van der Waals surface area contributed by atoms with Gasteiger partial charge in [0.2, 0.25) is 0 Å². The van der Waals surface area contributed by atoms with Gasteiger partial charge in [-0.25, -0.2) is 0 Å². The van der Waals surface area contributed by atoms with Gasteiger partial charge in [-0.3, -0.25) is 0 Å². The first-order chi connectivity index (χ1) is 24.1. The Labute approximate surface area is 290 Å². The summed E-state index contributed by atoms with van der Waals surface area (Å²) in [6.07, 6.45) is 0. The van der Waals surface area contributed by atoms with Crippen molar-refractivity contribution < 1.29 is 0 Å². The van der Waals surface area contributed by atoms with Crippen molar-refractivity contribution >= 4 is 70.1 Å². The fraction of sp³-hybridized carbons (Fsp3) is 0.0638. The molecular formula is C47H33NS. The molecule has 49 heavy (non-hydrogen) atoms. The number of thiophene rings is 1. The van der Waals surface area contributed by atoms with E-state index in [2.05, 4.69) is 183 Å². The molecule has 2 heteroatoms. The quantitative estimate of drug-likeness (QED) is 0.173. The number of nitrogens with zero attached hydrogens (tertiary/aromatic N) is 1. The molecule has 0 unspecified atom stereocenters. The lowest BCUT2D eigenvalue weighted by atomic mass is 9.82. The summed E-state index contributed by atoms with van der Waals surface area (Å²) < 4.78 is 2.69. The van der Waals surface area contributed by atoms with E-state index in [1.165, 1.54) is 80.8 Å². The zero-order valence-corrected chi connectivity index (χ0v) is 28.3. The topological polar surface area (TPSA) is 3.24 Å². The Morgan fingerprint density at radius 1 is 0.469 bits per heavy atom. The molecule has 0 bridgehead atoms. The fourth-order valence-corrected chi connectivity index (χ4v) is 9.52. The highest BCUT2D eigenvalue weighted by Gasteiger charge is 2.35. The SMILES string of the molecule is CC1(C)c2ccccc2-c2cc(N(c3ccc(-c4ccccc4)cc3)c3cccc4c3ccc3ccc5c6ccccc6sc5c34)ccc21. The van der Waals surface area contributed by atoms with Crippen molar-refractivity contribution in [1.29, 1.82) is 0 Å². The molecule has 9 aromatic rings. The molecule has 0 fully saturated rings. The van der Waals surface area contributed by atoms with Crippen LogP contribution in [0.5, 0.6) is 0 Å². The number of fused-ring (bicyclic) bond motifs is 10. The molecule has 8 aromatic carbocycles. The fourth-order valence-electron chi connectivity index (χ4n) is 8.24. The van der Waals surface area contributed by atoms with Crippen molar-refractivity contribution in [2.24, 2.45) is 0 Å². The summed E-state index contributed by atoms with van der Waals surface area (Å²) in [5.74, 6) is 0. The smallest absolute Gasteiger partial charge is 0.0540 e. The highest BCUT2D eigenvalue weighted by Crippen LogP contribution is 2.51. The number of benzene rings is 8. The van der Waals surface area contributed by atoms with Gasteiger partial charge in [0.05, 0.1) is 5.69 Å². The van der Waals surface area contributed by atoms with Crippen LogP contribution in [0.4, 0.5) is 17.1 Å². The van der Waals surface area contributed by atoms with E-state index < -0.39 is 0 Å². The standard InChI is InChI=1S/C47H33NS/c1-47(2)41-16-8-6-13-35(41)40-29-34(25-28-42(40)47)48(33-23-19-31(20-24-33)30-11-4-3-5-12-30)43-17-10-15-38-36(43)26-21-32-22-27-39-37-14-7-9-18-44(37)49-46(39)45(32)38/h3-29H,1-2H3. The van der Waals surface area contributed by atoms with Crippen LogP contribution in [0.3, 0.4) is 0 Å². The van der Waals surface area contributed by atoms with Crippen molar-refractivity contribution in [1.82, 2.24) is 0 Å². The van der Waals surface area contributed by atoms with Crippen LogP contribution in [0, 0.1) is 0 Å². The maximum Gasteiger partial charge on any atom is 0.0540 e. The molecule has 1 nitrogen and oxygen atoms in total. The Hall–Kier alpha value is -5.70. The molecule has 0 radical (unpaired) electrons. The van der Waals surface area contributed by atoms with E-state index in [-0.39, 0.29) is 5.41 Å². The Kier molecular flexibility index (Phi) is 6.16. The lowest BCUT2D eigenvalue weighted by Gasteiger charge is -2.28. The van der Waals surface area contributed by atoms with Gasteiger partial charge < -0.3 is 4.90 Å². The maximum absolute atomic E-state index is 2.46. The molecule has 1 heterocycles. The van der Waals surface area contributed by atoms with Gasteiger partial charge in [-0.1, -0.05) is 141 Å². The molecule has 0 saturated heterocycles. The van der Waals surface area contributed by atoms with Gasteiger partial charge in [-0.2, -0.15) is 0 Å². The van der Waals surface area contributed by atoms with Crippen LogP contribution in [0.2, 0.25) is 0 Å². The third-order valence-electron chi connectivity index (χ3n) is 10.7. The first kappa shape index (κ1) is 28.3. The largest absolute Gasteiger partial charge is 0.310 e. The van der Waals surface area contributed by atoms with Crippen LogP contribution in [-0.4, -0.2) is 0 Å². The summed E-state index contributed by atoms with van der Waals surface area (Å²) in [6, 6.07) is 60.6. The molecule has 10 rings (SSSR count). The predicted octanol–water partition coefficient (Wildman–Crippen LogP) is 13.8. The van der Waals surface area contributed by atoms with Crippen molar-refractivity contribution in [2.45, 2.75) is 19.3 Å². The van der Waals surface area contributed by atoms with Crippen LogP contribution in [-0.2, 0) is 5.41 Å². The van der Waals surface area contributed by atoms with Gasteiger partial charge in [0.1, 0.15) is 0 Å². The predicted molar refractivity (Wildman–Crippen MR) is 212 cm³/mol. The van der Waals surface area contributed by atoms with Crippen LogP contribution < -0.4 is 4.90 Å². The van der Waals surface area contributed by atoms with Gasteiger partial charge in [0.25, 0.3) is 0 Å². The first-order valence-electron chi connectivity index (χ1n) is 17.0. The minimum Gasteiger partial charge on any atom is -0.310 e. The van der Waals surface area contributed by atoms with Gasteiger partial charge in [-0.05, 0) is 80.6 Å². The summed E-state index contributed by atoms with van der Waals surface area (Å²) in [7, 11) is 0. The van der Waals surface area contributed by atoms with E-state index in [9.17, 15) is 0 Å². The maximum atomic E-state index is 2.46. The number of rotatable bonds is 4. The summed E-state index contributed by atoms with van der Waals surface area (Å²) in [4.78, 5) is 2.46. The average molecular weight is 644 g/mol. The van der Waals surface area contributed by atoms with Crippen molar-refractivity contribution in [3.05, 3.63) is 175 Å². The third-order valence-corrected chi connectivity index (χ3v) is 11.9. The average Bonchev–Trinajstić information content (AvgIpc) is 3.64. The van der Waals surface area contributed by atoms with Crippen molar-refractivity contribution in [3.63, 3.8) is 0 Å². The third kappa shape index (κ3) is 4.24. The highest BCUT2D eigenvalue weighted by molar-refractivity contribution is 7.26. The Balaban J connectivity index is 1.23. The second-order valence-electron chi connectivity index (χ2n) is 13.7. The second kappa shape index (κ2) is 10.7. The van der Waals surface area contributed by atoms with E-state index in [0.717, 1.165) is 11.4 Å². The zero-order chi connectivity index (χ0) is 32.7. The number of hydrogen-bond acceptors (Lipinski definition) is 2. The van der Waals surface area contributed by atoms with Gasteiger partial charge in [-0.15, -0.1) is 11.3 Å². The van der Waals surface area contributed by atoms with Gasteiger partial charge in [0, 0.05) is 47.7 Å². The molecule has 1 aromatic heterocycles. The molecule has 0 amide bonds. The lowest BCUT2D eigenvalue weighted by Crippen LogP contribution is -2.15. The van der Waals surface area contributed by atoms with E-state index in [1.807, 2.05) is 11.3 Å². The van der Waals surface area contributed by atoms with Crippen LogP contribution in [0.25, 0.3) is 64.0 Å². The minimum atomic E-state index is -0.0411. The molecule has 0 N–H and O–H groups in total. The highest BCUT2D eigenvalue weighted by atomic mass is 32.1. The van der Waals surface area contributed by atoms with Gasteiger partial charge in [0.15, 0.2) is 0 Å². The summed E-state index contributed by atoms with van der Waals surface area (Å²) >= 11 is 1.91. The van der Waals surface area contributed by atoms with E-state index in [1.54, 1.807) is 0 Å². The molecule has 0 spiro atoms. The minimum absolute atomic E-state index is 0.0411. The van der Waals surface area contributed by atoms with E-state index >= 15 is 0 Å². The molecule has 1 aliphatic carbocycles. The number of anilines is 3. The molecule has 0 aliphatic heterocycles. The first-order valence-corrected chi connectivity index (χ1v) is 17.8. The van der Waals surface area contributed by atoms with Crippen molar-refractivity contribution in [3.8, 4) is 22.3 Å². The molecule has 0 saturated carbocycles. The molecule has 0 atom stereocenters. The summed E-state index contributed by atoms with van der Waals surface area (Å²) in [6.45, 7) is 4.70. The normalized spacial score (nSPS) is 13.3. The van der Waals surface area contributed by atoms with Crippen LogP contribution in [0.1, 0.15) is 25.0 Å². The molecule has 1 aliphatic rings. The molecular weight excluding hydrogens is 611 g/mol. The van der Waals surface area contributed by atoms with E-state index in [4.69, 9.17) is 0 Å². The zero-order valence-electron chi connectivity index (χ0n) is 27.4. The van der Waals surface area contributed by atoms with Crippen LogP contribution >= 0.6 is 11.3 Å². The second-order valence-corrected chi connectivity index (χ2v) is 14.8.